The van der Waals surface area contributed by atoms with Crippen molar-refractivity contribution in [1.29, 1.82) is 0 Å². The molecule has 0 spiro atoms. The first-order chi connectivity index (χ1) is 6.74. The molecule has 0 aliphatic carbocycles. The van der Waals surface area contributed by atoms with Crippen LogP contribution in [0.5, 0.6) is 0 Å². The summed E-state index contributed by atoms with van der Waals surface area (Å²) in [4.78, 5) is 10.1. The van der Waals surface area contributed by atoms with Crippen LogP contribution in [0, 0.1) is 10.1 Å². The molecule has 0 aliphatic heterocycles. The second kappa shape index (κ2) is 2.91. The van der Waals surface area contributed by atoms with Crippen LogP contribution in [-0.4, -0.2) is 15.2 Å². The number of nitro benzene ring substituents is 1. The average Bonchev–Trinajstić information content (AvgIpc) is 2.64. The van der Waals surface area contributed by atoms with Crippen LogP contribution < -0.4 is 0 Å². The summed E-state index contributed by atoms with van der Waals surface area (Å²) in [5.74, 6) is 0. The highest BCUT2D eigenvalue weighted by molar-refractivity contribution is 5.90. The monoisotopic (exact) mass is 191 g/mol. The summed E-state index contributed by atoms with van der Waals surface area (Å²) in [6.45, 7) is 3.56. The van der Waals surface area contributed by atoms with E-state index in [1.165, 1.54) is 12.1 Å². The van der Waals surface area contributed by atoms with Crippen LogP contribution in [0.15, 0.2) is 23.3 Å². The first-order valence-electron chi connectivity index (χ1n) is 3.76. The molecule has 14 heavy (non-hydrogen) atoms. The number of aromatic nitrogens is 2. The maximum atomic E-state index is 10.6. The number of fused-ring (bicyclic) bond motifs is 1. The topological polar surface area (TPSA) is 82.1 Å². The van der Waals surface area contributed by atoms with Crippen molar-refractivity contribution in [2.24, 2.45) is 0 Å². The molecule has 0 aliphatic rings. The van der Waals surface area contributed by atoms with E-state index in [0.717, 1.165) is 0 Å². The van der Waals surface area contributed by atoms with Crippen LogP contribution in [0.2, 0.25) is 0 Å². The third-order valence-corrected chi connectivity index (χ3v) is 1.84. The van der Waals surface area contributed by atoms with Crippen LogP contribution in [0.4, 0.5) is 5.69 Å². The Labute approximate surface area is 77.9 Å². The Bertz CT molecular complexity index is 518. The first-order valence-corrected chi connectivity index (χ1v) is 3.76. The van der Waals surface area contributed by atoms with Crippen LogP contribution >= 0.6 is 0 Å². The van der Waals surface area contributed by atoms with Crippen LogP contribution in [0.25, 0.3) is 17.1 Å². The van der Waals surface area contributed by atoms with Gasteiger partial charge in [0.15, 0.2) is 0 Å². The molecule has 0 radical (unpaired) electrons. The molecule has 0 atom stereocenters. The predicted octanol–water partition coefficient (Wildman–Crippen LogP) is 1.77. The average molecular weight is 191 g/mol. The molecule has 0 fully saturated rings. The Morgan fingerprint density at radius 1 is 1.43 bits per heavy atom. The minimum absolute atomic E-state index is 0.119. The molecule has 0 N–H and O–H groups in total. The second-order valence-electron chi connectivity index (χ2n) is 2.60. The summed E-state index contributed by atoms with van der Waals surface area (Å²) in [6.07, 6.45) is 1.54. The van der Waals surface area contributed by atoms with E-state index in [-0.39, 0.29) is 11.2 Å². The normalized spacial score (nSPS) is 10.3. The van der Waals surface area contributed by atoms with E-state index in [1.54, 1.807) is 6.07 Å². The molecule has 0 unspecified atom stereocenters. The molecule has 0 saturated carbocycles. The zero-order valence-corrected chi connectivity index (χ0v) is 7.01. The lowest BCUT2D eigenvalue weighted by Gasteiger charge is -1.93. The molecule has 2 aromatic rings. The van der Waals surface area contributed by atoms with Crippen molar-refractivity contribution in [2.45, 2.75) is 0 Å². The van der Waals surface area contributed by atoms with Gasteiger partial charge in [-0.3, -0.25) is 10.1 Å². The molecule has 1 aromatic heterocycles. The molecule has 1 heterocycles. The van der Waals surface area contributed by atoms with E-state index in [1.807, 2.05) is 0 Å². The van der Waals surface area contributed by atoms with E-state index in [2.05, 4.69) is 21.5 Å². The summed E-state index contributed by atoms with van der Waals surface area (Å²) < 4.78 is 4.45. The van der Waals surface area contributed by atoms with Gasteiger partial charge in [0, 0.05) is 11.6 Å². The van der Waals surface area contributed by atoms with Gasteiger partial charge in [0.25, 0.3) is 0 Å². The van der Waals surface area contributed by atoms with Crippen molar-refractivity contribution in [2.75, 3.05) is 0 Å². The van der Waals surface area contributed by atoms with Gasteiger partial charge >= 0.3 is 5.69 Å². The standard InChI is InChI=1S/C8H5N3O3/c1-2-5-3-4-6(11(12)13)8-7(5)9-14-10-8/h2-4H,1H2. The summed E-state index contributed by atoms with van der Waals surface area (Å²) in [7, 11) is 0. The molecule has 70 valence electrons. The molecule has 0 bridgehead atoms. The number of benzene rings is 1. The van der Waals surface area contributed by atoms with E-state index in [4.69, 9.17) is 0 Å². The minimum Gasteiger partial charge on any atom is -0.258 e. The molecule has 1 aromatic carbocycles. The van der Waals surface area contributed by atoms with Gasteiger partial charge < -0.3 is 0 Å². The van der Waals surface area contributed by atoms with E-state index in [0.29, 0.717) is 11.1 Å². The lowest BCUT2D eigenvalue weighted by atomic mass is 10.1. The SMILES string of the molecule is C=Cc1ccc([N+](=O)[O-])c2nonc12. The summed E-state index contributed by atoms with van der Waals surface area (Å²) >= 11 is 0. The third kappa shape index (κ3) is 1.05. The Balaban J connectivity index is 2.84. The fourth-order valence-electron chi connectivity index (χ4n) is 1.18. The molecule has 2 rings (SSSR count). The van der Waals surface area contributed by atoms with Gasteiger partial charge in [0.2, 0.25) is 5.52 Å². The lowest BCUT2D eigenvalue weighted by Crippen LogP contribution is -1.90. The Hall–Kier alpha value is -2.24. The van der Waals surface area contributed by atoms with E-state index < -0.39 is 4.92 Å². The fraction of sp³-hybridized carbons (Fsp3) is 0. The number of rotatable bonds is 2. The van der Waals surface area contributed by atoms with E-state index in [9.17, 15) is 10.1 Å². The number of nitrogens with zero attached hydrogens (tertiary/aromatic N) is 3. The number of hydrogen-bond donors (Lipinski definition) is 0. The van der Waals surface area contributed by atoms with Gasteiger partial charge in [-0.2, -0.15) is 0 Å². The summed E-state index contributed by atoms with van der Waals surface area (Å²) in [5.41, 5.74) is 1.04. The highest BCUT2D eigenvalue weighted by atomic mass is 16.6. The van der Waals surface area contributed by atoms with Crippen molar-refractivity contribution in [3.05, 3.63) is 34.4 Å². The third-order valence-electron chi connectivity index (χ3n) is 1.84. The Kier molecular flexibility index (Phi) is 1.74. The maximum absolute atomic E-state index is 10.6. The second-order valence-corrected chi connectivity index (χ2v) is 2.60. The van der Waals surface area contributed by atoms with Gasteiger partial charge in [0.1, 0.15) is 5.52 Å². The van der Waals surface area contributed by atoms with Gasteiger partial charge in [-0.15, -0.1) is 0 Å². The highest BCUT2D eigenvalue weighted by Crippen LogP contribution is 2.25. The summed E-state index contributed by atoms with van der Waals surface area (Å²) in [5, 5.41) is 17.6. The zero-order chi connectivity index (χ0) is 10.1. The van der Waals surface area contributed by atoms with Crippen molar-refractivity contribution in [3.8, 4) is 0 Å². The van der Waals surface area contributed by atoms with Crippen LogP contribution in [0.1, 0.15) is 5.56 Å². The van der Waals surface area contributed by atoms with Crippen LogP contribution in [0.3, 0.4) is 0 Å². The van der Waals surface area contributed by atoms with Gasteiger partial charge in [-0.05, 0) is 16.4 Å². The number of hydrogen-bond acceptors (Lipinski definition) is 5. The quantitative estimate of drug-likeness (QED) is 0.533. The van der Waals surface area contributed by atoms with E-state index >= 15 is 0 Å². The van der Waals surface area contributed by atoms with Crippen molar-refractivity contribution in [1.82, 2.24) is 10.3 Å². The molecular weight excluding hydrogens is 186 g/mol. The Morgan fingerprint density at radius 3 is 2.79 bits per heavy atom. The maximum Gasteiger partial charge on any atom is 0.300 e. The van der Waals surface area contributed by atoms with Crippen molar-refractivity contribution >= 4 is 22.8 Å². The smallest absolute Gasteiger partial charge is 0.258 e. The fourth-order valence-corrected chi connectivity index (χ4v) is 1.18. The van der Waals surface area contributed by atoms with Gasteiger partial charge in [-0.1, -0.05) is 12.7 Å². The molecule has 0 amide bonds. The zero-order valence-electron chi connectivity index (χ0n) is 7.01. The van der Waals surface area contributed by atoms with Gasteiger partial charge in [0.05, 0.1) is 4.92 Å². The number of non-ortho nitro benzene ring substituents is 1. The molecular formula is C8H5N3O3. The van der Waals surface area contributed by atoms with Gasteiger partial charge in [-0.25, -0.2) is 4.63 Å². The van der Waals surface area contributed by atoms with Crippen molar-refractivity contribution in [3.63, 3.8) is 0 Å². The molecule has 6 heteroatoms. The molecule has 0 saturated heterocycles. The first kappa shape index (κ1) is 8.36. The predicted molar refractivity (Wildman–Crippen MR) is 48.5 cm³/mol. The minimum atomic E-state index is -0.528. The largest absolute Gasteiger partial charge is 0.300 e. The lowest BCUT2D eigenvalue weighted by molar-refractivity contribution is -0.383. The summed E-state index contributed by atoms with van der Waals surface area (Å²) in [6, 6.07) is 2.90. The highest BCUT2D eigenvalue weighted by Gasteiger charge is 2.17. The van der Waals surface area contributed by atoms with Crippen LogP contribution in [-0.2, 0) is 0 Å². The number of nitro groups is 1. The van der Waals surface area contributed by atoms with Crippen molar-refractivity contribution < 1.29 is 9.55 Å². The molecule has 6 nitrogen and oxygen atoms in total. The Morgan fingerprint density at radius 2 is 2.14 bits per heavy atom.